The molecule has 0 nitrogen and oxygen atoms in total. The highest BCUT2D eigenvalue weighted by Crippen LogP contribution is 2.32. The van der Waals surface area contributed by atoms with Crippen LogP contribution in [0.1, 0.15) is 44.6 Å². The molecule has 0 heterocycles. The Kier molecular flexibility index (Phi) is 5.62. The van der Waals surface area contributed by atoms with Crippen LogP contribution in [0.5, 0.6) is 0 Å². The minimum atomic E-state index is -1.43. The zero-order valence-corrected chi connectivity index (χ0v) is 14.4. The zero-order chi connectivity index (χ0) is 17.8. The van der Waals surface area contributed by atoms with Crippen molar-refractivity contribution >= 4 is 6.08 Å². The van der Waals surface area contributed by atoms with Gasteiger partial charge in [-0.15, -0.1) is 0 Å². The van der Waals surface area contributed by atoms with Crippen molar-refractivity contribution in [2.45, 2.75) is 39.0 Å². The second-order valence-electron chi connectivity index (χ2n) is 6.92. The zero-order valence-electron chi connectivity index (χ0n) is 14.4. The van der Waals surface area contributed by atoms with Crippen LogP contribution in [0.2, 0.25) is 0 Å². The molecule has 0 unspecified atom stereocenters. The molecule has 0 bridgehead atoms. The van der Waals surface area contributed by atoms with Gasteiger partial charge in [0.2, 0.25) is 0 Å². The van der Waals surface area contributed by atoms with Crippen molar-refractivity contribution in [1.29, 1.82) is 0 Å². The van der Waals surface area contributed by atoms with Crippen molar-refractivity contribution in [1.82, 2.24) is 0 Å². The van der Waals surface area contributed by atoms with Gasteiger partial charge >= 0.3 is 0 Å². The standard InChI is InChI=1S/C22H23F3/c1-2-15-3-5-16(6-4-15)7-8-17-9-11-18(12-10-17)19-13-20(23)22(25)21(24)14-19/h7-16H,2-6H2,1H3/b8-7+. The second-order valence-corrected chi connectivity index (χ2v) is 6.92. The number of rotatable bonds is 4. The summed E-state index contributed by atoms with van der Waals surface area (Å²) in [5.41, 5.74) is 2.06. The minimum Gasteiger partial charge on any atom is -0.204 e. The molecule has 0 spiro atoms. The van der Waals surface area contributed by atoms with E-state index in [0.29, 0.717) is 17.0 Å². The Morgan fingerprint density at radius 2 is 1.48 bits per heavy atom. The molecule has 0 aromatic heterocycles. The lowest BCUT2D eigenvalue weighted by molar-refractivity contribution is 0.304. The lowest BCUT2D eigenvalue weighted by atomic mass is 9.80. The molecule has 2 aromatic rings. The predicted octanol–water partition coefficient (Wildman–Crippen LogP) is 7.00. The third kappa shape index (κ3) is 4.33. The van der Waals surface area contributed by atoms with Crippen molar-refractivity contribution in [2.75, 3.05) is 0 Å². The first-order chi connectivity index (χ1) is 12.1. The van der Waals surface area contributed by atoms with E-state index < -0.39 is 17.5 Å². The van der Waals surface area contributed by atoms with Crippen LogP contribution in [0.25, 0.3) is 17.2 Å². The molecule has 25 heavy (non-hydrogen) atoms. The fraction of sp³-hybridized carbons (Fsp3) is 0.364. The molecule has 1 aliphatic rings. The van der Waals surface area contributed by atoms with Crippen LogP contribution >= 0.6 is 0 Å². The summed E-state index contributed by atoms with van der Waals surface area (Å²) in [6.07, 6.45) is 10.8. The van der Waals surface area contributed by atoms with Gasteiger partial charge in [-0.2, -0.15) is 0 Å². The molecule has 1 saturated carbocycles. The molecular formula is C22H23F3. The second kappa shape index (κ2) is 7.90. The van der Waals surface area contributed by atoms with E-state index in [1.165, 1.54) is 32.1 Å². The molecule has 0 atom stereocenters. The molecular weight excluding hydrogens is 321 g/mol. The Balaban J connectivity index is 1.67. The molecule has 0 amide bonds. The molecule has 132 valence electrons. The van der Waals surface area contributed by atoms with Gasteiger partial charge in [0, 0.05) is 0 Å². The number of benzene rings is 2. The van der Waals surface area contributed by atoms with Crippen molar-refractivity contribution in [3.05, 3.63) is 65.5 Å². The molecule has 3 heteroatoms. The summed E-state index contributed by atoms with van der Waals surface area (Å²) in [5.74, 6) is -2.23. The summed E-state index contributed by atoms with van der Waals surface area (Å²) in [4.78, 5) is 0. The fourth-order valence-corrected chi connectivity index (χ4v) is 3.54. The molecule has 0 N–H and O–H groups in total. The van der Waals surface area contributed by atoms with Crippen LogP contribution < -0.4 is 0 Å². The minimum absolute atomic E-state index is 0.338. The monoisotopic (exact) mass is 344 g/mol. The first-order valence-electron chi connectivity index (χ1n) is 9.00. The van der Waals surface area contributed by atoms with E-state index in [0.717, 1.165) is 23.6 Å². The lowest BCUT2D eigenvalue weighted by Crippen LogP contribution is -2.11. The highest BCUT2D eigenvalue weighted by atomic mass is 19.2. The quantitative estimate of drug-likeness (QED) is 0.524. The molecule has 0 saturated heterocycles. The van der Waals surface area contributed by atoms with E-state index >= 15 is 0 Å². The SMILES string of the molecule is CCC1CCC(/C=C/c2ccc(-c3cc(F)c(F)c(F)c3)cc2)CC1. The predicted molar refractivity (Wildman–Crippen MR) is 96.5 cm³/mol. The van der Waals surface area contributed by atoms with Gasteiger partial charge in [0.05, 0.1) is 0 Å². The average Bonchev–Trinajstić information content (AvgIpc) is 2.65. The smallest absolute Gasteiger partial charge is 0.194 e. The van der Waals surface area contributed by atoms with E-state index in [-0.39, 0.29) is 0 Å². The summed E-state index contributed by atoms with van der Waals surface area (Å²) in [7, 11) is 0. The number of hydrogen-bond acceptors (Lipinski definition) is 0. The van der Waals surface area contributed by atoms with E-state index in [4.69, 9.17) is 0 Å². The maximum atomic E-state index is 13.4. The van der Waals surface area contributed by atoms with Crippen LogP contribution in [-0.2, 0) is 0 Å². The van der Waals surface area contributed by atoms with Crippen molar-refractivity contribution in [3.63, 3.8) is 0 Å². The van der Waals surface area contributed by atoms with E-state index in [2.05, 4.69) is 19.1 Å². The summed E-state index contributed by atoms with van der Waals surface area (Å²) >= 11 is 0. The molecule has 1 aliphatic carbocycles. The van der Waals surface area contributed by atoms with Crippen molar-refractivity contribution in [3.8, 4) is 11.1 Å². The van der Waals surface area contributed by atoms with E-state index in [1.807, 2.05) is 12.1 Å². The highest BCUT2D eigenvalue weighted by Gasteiger charge is 2.17. The van der Waals surface area contributed by atoms with Crippen LogP contribution in [0, 0.1) is 29.3 Å². The molecule has 2 aromatic carbocycles. The van der Waals surface area contributed by atoms with Gasteiger partial charge in [-0.3, -0.25) is 0 Å². The van der Waals surface area contributed by atoms with Crippen LogP contribution in [0.4, 0.5) is 13.2 Å². The first kappa shape index (κ1) is 17.8. The highest BCUT2D eigenvalue weighted by molar-refractivity contribution is 5.66. The van der Waals surface area contributed by atoms with Gasteiger partial charge < -0.3 is 0 Å². The number of allylic oxidation sites excluding steroid dienone is 1. The van der Waals surface area contributed by atoms with Gasteiger partial charge in [0.25, 0.3) is 0 Å². The van der Waals surface area contributed by atoms with Crippen LogP contribution in [-0.4, -0.2) is 0 Å². The number of hydrogen-bond donors (Lipinski definition) is 0. The topological polar surface area (TPSA) is 0 Å². The molecule has 1 fully saturated rings. The Bertz CT molecular complexity index is 715. The normalized spacial score (nSPS) is 21.0. The van der Waals surface area contributed by atoms with Gasteiger partial charge in [0.15, 0.2) is 17.5 Å². The summed E-state index contributed by atoms with van der Waals surface area (Å²) in [6, 6.07) is 9.50. The van der Waals surface area contributed by atoms with Gasteiger partial charge in [-0.05, 0) is 66.3 Å². The maximum absolute atomic E-state index is 13.4. The summed E-state index contributed by atoms with van der Waals surface area (Å²) in [5, 5.41) is 0. The summed E-state index contributed by atoms with van der Waals surface area (Å²) in [6.45, 7) is 2.27. The average molecular weight is 344 g/mol. The largest absolute Gasteiger partial charge is 0.204 e. The van der Waals surface area contributed by atoms with E-state index in [1.54, 1.807) is 12.1 Å². The third-order valence-corrected chi connectivity index (χ3v) is 5.26. The van der Waals surface area contributed by atoms with Gasteiger partial charge in [-0.1, -0.05) is 49.8 Å². The Morgan fingerprint density at radius 1 is 0.880 bits per heavy atom. The van der Waals surface area contributed by atoms with Crippen molar-refractivity contribution < 1.29 is 13.2 Å². The first-order valence-corrected chi connectivity index (χ1v) is 9.00. The van der Waals surface area contributed by atoms with Crippen LogP contribution in [0.15, 0.2) is 42.5 Å². The Labute approximate surface area is 147 Å². The lowest BCUT2D eigenvalue weighted by Gasteiger charge is -2.25. The maximum Gasteiger partial charge on any atom is 0.194 e. The Hall–Kier alpha value is -2.03. The van der Waals surface area contributed by atoms with Crippen LogP contribution in [0.3, 0.4) is 0 Å². The van der Waals surface area contributed by atoms with Gasteiger partial charge in [-0.25, -0.2) is 13.2 Å². The molecule has 3 rings (SSSR count). The Morgan fingerprint density at radius 3 is 2.04 bits per heavy atom. The third-order valence-electron chi connectivity index (χ3n) is 5.26. The number of halogens is 3. The van der Waals surface area contributed by atoms with Crippen molar-refractivity contribution in [2.24, 2.45) is 11.8 Å². The fourth-order valence-electron chi connectivity index (χ4n) is 3.54. The molecule has 0 radical (unpaired) electrons. The van der Waals surface area contributed by atoms with Gasteiger partial charge in [0.1, 0.15) is 0 Å². The molecule has 0 aliphatic heterocycles. The summed E-state index contributed by atoms with van der Waals surface area (Å²) < 4.78 is 39.8. The van der Waals surface area contributed by atoms with E-state index in [9.17, 15) is 13.2 Å².